The van der Waals surface area contributed by atoms with Crippen LogP contribution in [0.5, 0.6) is 5.75 Å². The summed E-state index contributed by atoms with van der Waals surface area (Å²) < 4.78 is 6.41. The van der Waals surface area contributed by atoms with Gasteiger partial charge in [0.1, 0.15) is 11.8 Å². The summed E-state index contributed by atoms with van der Waals surface area (Å²) in [6.07, 6.45) is 0.536. The third kappa shape index (κ3) is 5.75. The lowest BCUT2D eigenvalue weighted by atomic mass is 10.0. The highest BCUT2D eigenvalue weighted by atomic mass is 28.4. The topological polar surface area (TPSA) is 117 Å². The summed E-state index contributed by atoms with van der Waals surface area (Å²) in [5, 5.41) is 8.11. The average molecular weight is 537 g/mol. The van der Waals surface area contributed by atoms with Crippen LogP contribution in [-0.4, -0.2) is 43.0 Å². The van der Waals surface area contributed by atoms with Crippen LogP contribution in [0.3, 0.4) is 0 Å². The lowest BCUT2D eigenvalue weighted by molar-refractivity contribution is -0.136. The predicted octanol–water partition coefficient (Wildman–Crippen LogP) is 4.46. The summed E-state index contributed by atoms with van der Waals surface area (Å²) >= 11 is 0. The summed E-state index contributed by atoms with van der Waals surface area (Å²) in [4.78, 5) is 50.6. The zero-order valence-corrected chi connectivity index (χ0v) is 23.9. The van der Waals surface area contributed by atoms with Crippen molar-refractivity contribution in [3.8, 4) is 5.75 Å². The Kier molecular flexibility index (Phi) is 7.38. The average Bonchev–Trinajstić information content (AvgIpc) is 3.14. The maximum Gasteiger partial charge on any atom is 0.319 e. The summed E-state index contributed by atoms with van der Waals surface area (Å²) in [6, 6.07) is 10.0. The summed E-state index contributed by atoms with van der Waals surface area (Å²) in [5.41, 5.74) is 3.80. The van der Waals surface area contributed by atoms with Gasteiger partial charge in [-0.1, -0.05) is 32.9 Å². The molecule has 2 aliphatic heterocycles. The smallest absolute Gasteiger partial charge is 0.319 e. The van der Waals surface area contributed by atoms with Crippen LogP contribution in [0.4, 0.5) is 10.5 Å². The number of nitrogens with zero attached hydrogens (tertiary/aromatic N) is 1. The Labute approximate surface area is 224 Å². The van der Waals surface area contributed by atoms with Gasteiger partial charge in [-0.3, -0.25) is 19.7 Å². The molecule has 1 fully saturated rings. The minimum atomic E-state index is -1.97. The highest BCUT2D eigenvalue weighted by Gasteiger charge is 2.40. The number of imide groups is 1. The van der Waals surface area contributed by atoms with Crippen molar-refractivity contribution in [3.63, 3.8) is 0 Å². The monoisotopic (exact) mass is 536 g/mol. The molecule has 202 valence electrons. The summed E-state index contributed by atoms with van der Waals surface area (Å²) in [7, 11) is -1.97. The maximum atomic E-state index is 12.9. The van der Waals surface area contributed by atoms with E-state index in [9.17, 15) is 19.2 Å². The lowest BCUT2D eigenvalue weighted by Gasteiger charge is -2.37. The van der Waals surface area contributed by atoms with Crippen LogP contribution < -0.4 is 20.4 Å². The molecule has 3 N–H and O–H groups in total. The van der Waals surface area contributed by atoms with Gasteiger partial charge < -0.3 is 20.0 Å². The number of fused-ring (bicyclic) bond motifs is 1. The Balaban J connectivity index is 1.34. The van der Waals surface area contributed by atoms with Crippen molar-refractivity contribution < 1.29 is 23.6 Å². The number of rotatable bonds is 6. The van der Waals surface area contributed by atoms with E-state index in [2.05, 4.69) is 49.8 Å². The molecule has 9 nitrogen and oxygen atoms in total. The predicted molar refractivity (Wildman–Crippen MR) is 147 cm³/mol. The molecule has 1 saturated heterocycles. The third-order valence-corrected chi connectivity index (χ3v) is 12.0. The quantitative estimate of drug-likeness (QED) is 0.372. The highest BCUT2D eigenvalue weighted by molar-refractivity contribution is 6.74. The number of carbonyl (C=O) groups is 4. The number of benzene rings is 2. The van der Waals surface area contributed by atoms with Crippen LogP contribution in [0.2, 0.25) is 18.1 Å². The third-order valence-electron chi connectivity index (χ3n) is 7.65. The van der Waals surface area contributed by atoms with Crippen LogP contribution in [0.1, 0.15) is 60.7 Å². The second-order valence-electron chi connectivity index (χ2n) is 11.5. The minimum Gasteiger partial charge on any atom is -0.543 e. The van der Waals surface area contributed by atoms with E-state index in [0.717, 1.165) is 22.4 Å². The fourth-order valence-electron chi connectivity index (χ4n) is 4.37. The molecule has 0 aliphatic carbocycles. The molecule has 0 aromatic heterocycles. The first-order chi connectivity index (χ1) is 17.7. The molecular formula is C28H36N4O5Si. The van der Waals surface area contributed by atoms with E-state index in [1.54, 1.807) is 12.1 Å². The minimum absolute atomic E-state index is 0.0876. The number of carbonyl (C=O) groups excluding carboxylic acids is 4. The fourth-order valence-corrected chi connectivity index (χ4v) is 5.45. The molecular weight excluding hydrogens is 500 g/mol. The maximum absolute atomic E-state index is 12.9. The number of anilines is 1. The van der Waals surface area contributed by atoms with Crippen molar-refractivity contribution in [2.45, 2.75) is 77.8 Å². The second kappa shape index (κ2) is 10.2. The van der Waals surface area contributed by atoms with Gasteiger partial charge >= 0.3 is 6.03 Å². The van der Waals surface area contributed by atoms with Crippen molar-refractivity contribution in [2.75, 3.05) is 5.32 Å². The first-order valence-electron chi connectivity index (χ1n) is 12.9. The molecule has 0 saturated carbocycles. The number of nitrogens with one attached hydrogen (secondary N) is 3. The molecule has 2 aromatic rings. The number of urea groups is 1. The molecule has 2 aromatic carbocycles. The van der Waals surface area contributed by atoms with Gasteiger partial charge in [0.05, 0.1) is 0 Å². The van der Waals surface area contributed by atoms with Crippen molar-refractivity contribution >= 4 is 37.8 Å². The Morgan fingerprint density at radius 1 is 1.13 bits per heavy atom. The van der Waals surface area contributed by atoms with Gasteiger partial charge in [-0.05, 0) is 72.4 Å². The van der Waals surface area contributed by atoms with Crippen LogP contribution in [0, 0.1) is 6.92 Å². The Morgan fingerprint density at radius 2 is 1.87 bits per heavy atom. The van der Waals surface area contributed by atoms with Crippen molar-refractivity contribution in [1.29, 1.82) is 0 Å². The van der Waals surface area contributed by atoms with E-state index in [1.807, 2.05) is 31.2 Å². The summed E-state index contributed by atoms with van der Waals surface area (Å²) in [5.74, 6) is -0.131. The van der Waals surface area contributed by atoms with Crippen LogP contribution in [0.15, 0.2) is 36.4 Å². The number of hydrogen-bond acceptors (Lipinski definition) is 5. The Bertz CT molecular complexity index is 1300. The molecule has 2 heterocycles. The van der Waals surface area contributed by atoms with Crippen molar-refractivity contribution in [1.82, 2.24) is 15.5 Å². The Hall–Kier alpha value is -3.66. The van der Waals surface area contributed by atoms with Crippen molar-refractivity contribution in [3.05, 3.63) is 58.7 Å². The number of hydrogen-bond donors (Lipinski definition) is 3. The van der Waals surface area contributed by atoms with Crippen molar-refractivity contribution in [2.24, 2.45) is 0 Å². The molecule has 1 atom stereocenters. The van der Waals surface area contributed by atoms with E-state index in [1.165, 1.54) is 4.90 Å². The largest absolute Gasteiger partial charge is 0.543 e. The van der Waals surface area contributed by atoms with Crippen LogP contribution in [0.25, 0.3) is 0 Å². The highest BCUT2D eigenvalue weighted by Crippen LogP contribution is 2.38. The molecule has 0 radical (unpaired) electrons. The van der Waals surface area contributed by atoms with Gasteiger partial charge in [-0.2, -0.15) is 0 Å². The van der Waals surface area contributed by atoms with Crippen LogP contribution >= 0.6 is 0 Å². The zero-order chi connectivity index (χ0) is 27.8. The number of aryl methyl sites for hydroxylation is 1. The van der Waals surface area contributed by atoms with Gasteiger partial charge in [0.25, 0.3) is 5.91 Å². The number of piperidine rings is 1. The molecule has 2 aliphatic rings. The van der Waals surface area contributed by atoms with E-state index >= 15 is 0 Å². The molecule has 4 rings (SSSR count). The van der Waals surface area contributed by atoms with Gasteiger partial charge in [0.15, 0.2) is 0 Å². The zero-order valence-electron chi connectivity index (χ0n) is 22.9. The van der Waals surface area contributed by atoms with E-state index in [0.29, 0.717) is 24.2 Å². The fraction of sp³-hybridized carbons (Fsp3) is 0.429. The normalized spacial score (nSPS) is 17.7. The van der Waals surface area contributed by atoms with E-state index < -0.39 is 20.3 Å². The molecule has 0 spiro atoms. The first-order valence-corrected chi connectivity index (χ1v) is 15.8. The first kappa shape index (κ1) is 27.4. The summed E-state index contributed by atoms with van der Waals surface area (Å²) in [6.45, 7) is 13.5. The van der Waals surface area contributed by atoms with Gasteiger partial charge in [0, 0.05) is 30.8 Å². The molecule has 10 heteroatoms. The lowest BCUT2D eigenvalue weighted by Crippen LogP contribution is -2.52. The van der Waals surface area contributed by atoms with E-state index in [-0.39, 0.29) is 35.8 Å². The van der Waals surface area contributed by atoms with Crippen LogP contribution in [-0.2, 0) is 22.7 Å². The molecule has 0 bridgehead atoms. The van der Waals surface area contributed by atoms with E-state index in [4.69, 9.17) is 4.43 Å². The second-order valence-corrected chi connectivity index (χ2v) is 16.3. The molecule has 5 amide bonds. The van der Waals surface area contributed by atoms with Gasteiger partial charge in [0.2, 0.25) is 20.1 Å². The SMILES string of the molecule is Cc1cc(NC(=O)NCc2ccc3c(c2)CN(C2CCC(=O)NC2=O)C3=O)ccc1O[Si](C)(C)C(C)(C)C. The Morgan fingerprint density at radius 3 is 2.53 bits per heavy atom. The van der Waals surface area contributed by atoms with Gasteiger partial charge in [-0.25, -0.2) is 4.79 Å². The van der Waals surface area contributed by atoms with Gasteiger partial charge in [-0.15, -0.1) is 0 Å². The number of amides is 5. The molecule has 38 heavy (non-hydrogen) atoms. The molecule has 1 unspecified atom stereocenters. The standard InChI is InChI=1S/C28H36N4O5Si/c1-17-13-20(8-11-23(17)37-38(5,6)28(2,3)4)30-27(36)29-15-18-7-9-21-19(14-18)16-32(26(21)35)22-10-12-24(33)31-25(22)34/h7-9,11,13-14,22H,10,12,15-16H2,1-6H3,(H2,29,30,36)(H,31,33,34).